The molecule has 1 amide bonds. The number of hydrogen-bond acceptors (Lipinski definition) is 5. The molecule has 1 aromatic carbocycles. The van der Waals surface area contributed by atoms with Gasteiger partial charge in [-0.05, 0) is 30.5 Å². The molecule has 1 fully saturated rings. The number of methoxy groups -OCH3 is 1. The second-order valence-electron chi connectivity index (χ2n) is 5.98. The lowest BCUT2D eigenvalue weighted by Crippen LogP contribution is -2.45. The number of benzene rings is 1. The zero-order chi connectivity index (χ0) is 17.7. The number of hydrogen-bond donors (Lipinski definition) is 1. The quantitative estimate of drug-likeness (QED) is 0.818. The summed E-state index contributed by atoms with van der Waals surface area (Å²) in [6.07, 6.45) is 0.571. The van der Waals surface area contributed by atoms with Crippen LogP contribution in [0.2, 0.25) is 0 Å². The van der Waals surface area contributed by atoms with Gasteiger partial charge in [-0.2, -0.15) is 0 Å². The number of carboxylic acid groups (broad SMARTS) is 1. The summed E-state index contributed by atoms with van der Waals surface area (Å²) >= 11 is 0. The summed E-state index contributed by atoms with van der Waals surface area (Å²) in [5, 5.41) is 9.21. The topological polar surface area (TPSA) is 93.1 Å². The van der Waals surface area contributed by atoms with Gasteiger partial charge in [0.2, 0.25) is 0 Å². The van der Waals surface area contributed by atoms with Crippen molar-refractivity contribution in [1.82, 2.24) is 4.90 Å². The highest BCUT2D eigenvalue weighted by atomic mass is 16.6. The standard InChI is InChI=1S/C17H21NO6/c1-11-6-13(17(21)22)9-18(8-11)16(20)12-4-3-5-14(7-12)24-10-15(19)23-2/h3-5,7,11,13H,6,8-10H2,1-2H3,(H,21,22). The van der Waals surface area contributed by atoms with Crippen LogP contribution < -0.4 is 4.74 Å². The number of aliphatic carboxylic acids is 1. The summed E-state index contributed by atoms with van der Waals surface area (Å²) < 4.78 is 9.77. The zero-order valence-corrected chi connectivity index (χ0v) is 13.7. The van der Waals surface area contributed by atoms with Gasteiger partial charge in [0.25, 0.3) is 5.91 Å². The number of likely N-dealkylation sites (tertiary alicyclic amines) is 1. The molecule has 0 spiro atoms. The Labute approximate surface area is 140 Å². The third-order valence-electron chi connectivity index (χ3n) is 3.96. The van der Waals surface area contributed by atoms with Crippen LogP contribution in [0.1, 0.15) is 23.7 Å². The molecule has 1 aliphatic heterocycles. The molecule has 7 heteroatoms. The van der Waals surface area contributed by atoms with Gasteiger partial charge >= 0.3 is 11.9 Å². The third kappa shape index (κ3) is 4.47. The molecule has 1 aromatic rings. The molecule has 1 aliphatic rings. The van der Waals surface area contributed by atoms with Gasteiger partial charge < -0.3 is 19.5 Å². The first kappa shape index (κ1) is 17.8. The van der Waals surface area contributed by atoms with Crippen LogP contribution in [-0.4, -0.2) is 54.7 Å². The van der Waals surface area contributed by atoms with Gasteiger partial charge in [0.15, 0.2) is 6.61 Å². The molecule has 130 valence electrons. The number of carbonyl (C=O) groups excluding carboxylic acids is 2. The molecule has 0 radical (unpaired) electrons. The molecule has 2 atom stereocenters. The number of ether oxygens (including phenoxy) is 2. The van der Waals surface area contributed by atoms with Crippen LogP contribution in [0.4, 0.5) is 0 Å². The van der Waals surface area contributed by atoms with Gasteiger partial charge in [-0.15, -0.1) is 0 Å². The van der Waals surface area contributed by atoms with Gasteiger partial charge in [0, 0.05) is 18.7 Å². The molecule has 0 aromatic heterocycles. The van der Waals surface area contributed by atoms with Crippen LogP contribution in [0.25, 0.3) is 0 Å². The second kappa shape index (κ2) is 7.81. The maximum Gasteiger partial charge on any atom is 0.343 e. The number of rotatable bonds is 5. The number of piperidine rings is 1. The SMILES string of the molecule is COC(=O)COc1cccc(C(=O)N2CC(C)CC(C(=O)O)C2)c1. The Morgan fingerprint density at radius 2 is 2.04 bits per heavy atom. The van der Waals surface area contributed by atoms with Crippen molar-refractivity contribution >= 4 is 17.8 Å². The van der Waals surface area contributed by atoms with Crippen molar-refractivity contribution in [2.45, 2.75) is 13.3 Å². The van der Waals surface area contributed by atoms with Crippen molar-refractivity contribution < 1.29 is 29.0 Å². The van der Waals surface area contributed by atoms with Gasteiger partial charge in [-0.3, -0.25) is 9.59 Å². The fraction of sp³-hybridized carbons (Fsp3) is 0.471. The predicted molar refractivity (Wildman–Crippen MR) is 84.8 cm³/mol. The summed E-state index contributed by atoms with van der Waals surface area (Å²) in [4.78, 5) is 36.6. The average molecular weight is 335 g/mol. The number of nitrogens with zero attached hydrogens (tertiary/aromatic N) is 1. The maximum atomic E-state index is 12.6. The van der Waals surface area contributed by atoms with Crippen molar-refractivity contribution in [1.29, 1.82) is 0 Å². The summed E-state index contributed by atoms with van der Waals surface area (Å²) in [5.74, 6) is -1.67. The molecule has 1 heterocycles. The van der Waals surface area contributed by atoms with E-state index in [1.54, 1.807) is 29.2 Å². The van der Waals surface area contributed by atoms with E-state index in [1.165, 1.54) is 7.11 Å². The van der Waals surface area contributed by atoms with Crippen LogP contribution >= 0.6 is 0 Å². The zero-order valence-electron chi connectivity index (χ0n) is 13.7. The number of amides is 1. The van der Waals surface area contributed by atoms with Crippen LogP contribution in [0, 0.1) is 11.8 Å². The van der Waals surface area contributed by atoms with E-state index in [0.717, 1.165) is 0 Å². The van der Waals surface area contributed by atoms with Crippen LogP contribution in [0.5, 0.6) is 5.75 Å². The molecule has 0 aliphatic carbocycles. The first-order chi connectivity index (χ1) is 11.4. The predicted octanol–water partition coefficient (Wildman–Crippen LogP) is 1.42. The van der Waals surface area contributed by atoms with Gasteiger partial charge in [0.05, 0.1) is 13.0 Å². The van der Waals surface area contributed by atoms with Gasteiger partial charge in [-0.25, -0.2) is 4.79 Å². The molecular formula is C17H21NO6. The minimum Gasteiger partial charge on any atom is -0.482 e. The summed E-state index contributed by atoms with van der Waals surface area (Å²) in [6, 6.07) is 6.48. The van der Waals surface area contributed by atoms with E-state index in [0.29, 0.717) is 24.3 Å². The Balaban J connectivity index is 2.08. The lowest BCUT2D eigenvalue weighted by molar-refractivity contribution is -0.144. The van der Waals surface area contributed by atoms with Gasteiger partial charge in [0.1, 0.15) is 5.75 Å². The monoisotopic (exact) mass is 335 g/mol. The largest absolute Gasteiger partial charge is 0.482 e. The van der Waals surface area contributed by atoms with Crippen LogP contribution in [0.3, 0.4) is 0 Å². The molecule has 7 nitrogen and oxygen atoms in total. The Morgan fingerprint density at radius 1 is 1.29 bits per heavy atom. The number of carboxylic acids is 1. The lowest BCUT2D eigenvalue weighted by Gasteiger charge is -2.34. The second-order valence-corrected chi connectivity index (χ2v) is 5.98. The van der Waals surface area contributed by atoms with Crippen molar-refractivity contribution in [3.8, 4) is 5.75 Å². The summed E-state index contributed by atoms with van der Waals surface area (Å²) in [7, 11) is 1.27. The molecule has 1 N–H and O–H groups in total. The minimum absolute atomic E-state index is 0.127. The Bertz CT molecular complexity index is 629. The van der Waals surface area contributed by atoms with Crippen molar-refractivity contribution in [2.24, 2.45) is 11.8 Å². The average Bonchev–Trinajstić information content (AvgIpc) is 2.58. The summed E-state index contributed by atoms with van der Waals surface area (Å²) in [6.45, 7) is 2.42. The van der Waals surface area contributed by atoms with E-state index < -0.39 is 17.9 Å². The van der Waals surface area contributed by atoms with E-state index in [9.17, 15) is 19.5 Å². The Morgan fingerprint density at radius 3 is 2.71 bits per heavy atom. The van der Waals surface area contributed by atoms with Gasteiger partial charge in [-0.1, -0.05) is 13.0 Å². The highest BCUT2D eigenvalue weighted by Crippen LogP contribution is 2.24. The van der Waals surface area contributed by atoms with Crippen LogP contribution in [-0.2, 0) is 14.3 Å². The first-order valence-electron chi connectivity index (χ1n) is 7.72. The van der Waals surface area contributed by atoms with E-state index in [1.807, 2.05) is 6.92 Å². The molecule has 24 heavy (non-hydrogen) atoms. The minimum atomic E-state index is -0.880. The first-order valence-corrected chi connectivity index (χ1v) is 7.72. The highest BCUT2D eigenvalue weighted by molar-refractivity contribution is 5.95. The molecule has 2 unspecified atom stereocenters. The van der Waals surface area contributed by atoms with Crippen LogP contribution in [0.15, 0.2) is 24.3 Å². The molecule has 2 rings (SSSR count). The molecule has 0 bridgehead atoms. The number of carbonyl (C=O) groups is 3. The van der Waals surface area contributed by atoms with E-state index >= 15 is 0 Å². The normalized spacial score (nSPS) is 20.3. The third-order valence-corrected chi connectivity index (χ3v) is 3.96. The lowest BCUT2D eigenvalue weighted by atomic mass is 9.90. The maximum absolute atomic E-state index is 12.6. The molecular weight excluding hydrogens is 314 g/mol. The highest BCUT2D eigenvalue weighted by Gasteiger charge is 2.32. The van der Waals surface area contributed by atoms with Crippen molar-refractivity contribution in [3.05, 3.63) is 29.8 Å². The molecule has 1 saturated heterocycles. The van der Waals surface area contributed by atoms with Crippen molar-refractivity contribution in [2.75, 3.05) is 26.8 Å². The molecule has 0 saturated carbocycles. The smallest absolute Gasteiger partial charge is 0.343 e. The fourth-order valence-corrected chi connectivity index (χ4v) is 2.80. The van der Waals surface area contributed by atoms with E-state index in [2.05, 4.69) is 4.74 Å². The fourth-order valence-electron chi connectivity index (χ4n) is 2.80. The Kier molecular flexibility index (Phi) is 5.78. The number of esters is 1. The van der Waals surface area contributed by atoms with E-state index in [-0.39, 0.29) is 25.0 Å². The summed E-state index contributed by atoms with van der Waals surface area (Å²) in [5.41, 5.74) is 0.399. The van der Waals surface area contributed by atoms with Crippen molar-refractivity contribution in [3.63, 3.8) is 0 Å². The Hall–Kier alpha value is -2.57. The van der Waals surface area contributed by atoms with E-state index in [4.69, 9.17) is 4.74 Å².